The predicted molar refractivity (Wildman–Crippen MR) is 129 cm³/mol. The van der Waals surface area contributed by atoms with Crippen molar-refractivity contribution < 1.29 is 13.2 Å². The molecule has 0 aliphatic rings. The first-order valence-electron chi connectivity index (χ1n) is 9.37. The number of rotatable bonds is 4. The number of amides is 1. The van der Waals surface area contributed by atoms with Crippen molar-refractivity contribution in [2.24, 2.45) is 12.0 Å². The average molecular weight is 506 g/mol. The van der Waals surface area contributed by atoms with Gasteiger partial charge < -0.3 is 4.57 Å². The zero-order valence-corrected chi connectivity index (χ0v) is 20.1. The molecule has 1 amide bonds. The molecule has 0 bridgehead atoms. The Bertz CT molecular complexity index is 1510. The van der Waals surface area contributed by atoms with Crippen LogP contribution in [-0.2, 0) is 17.1 Å². The summed E-state index contributed by atoms with van der Waals surface area (Å²) >= 11 is 13.3. The number of aryl methyl sites for hydroxylation is 2. The highest BCUT2D eigenvalue weighted by Gasteiger charge is 2.15. The van der Waals surface area contributed by atoms with Gasteiger partial charge in [-0.05, 0) is 73.2 Å². The van der Waals surface area contributed by atoms with Crippen LogP contribution in [0.3, 0.4) is 0 Å². The number of nitrogens with one attached hydrogen (secondary N) is 1. The normalized spacial score (nSPS) is 12.3. The van der Waals surface area contributed by atoms with E-state index in [1.807, 2.05) is 30.7 Å². The van der Waals surface area contributed by atoms with Gasteiger partial charge in [-0.25, -0.2) is 8.42 Å². The Hall–Kier alpha value is -2.65. The highest BCUT2D eigenvalue weighted by atomic mass is 35.5. The molecule has 0 unspecified atom stereocenters. The van der Waals surface area contributed by atoms with Crippen molar-refractivity contribution in [2.45, 2.75) is 11.8 Å². The minimum absolute atomic E-state index is 0.0877. The van der Waals surface area contributed by atoms with Gasteiger partial charge in [0.15, 0.2) is 4.80 Å². The van der Waals surface area contributed by atoms with Gasteiger partial charge >= 0.3 is 0 Å². The van der Waals surface area contributed by atoms with Crippen molar-refractivity contribution in [2.75, 3.05) is 4.72 Å². The van der Waals surface area contributed by atoms with Crippen LogP contribution >= 0.6 is 34.5 Å². The number of sulfonamides is 1. The van der Waals surface area contributed by atoms with Crippen LogP contribution < -0.4 is 9.52 Å². The number of thiazole rings is 1. The summed E-state index contributed by atoms with van der Waals surface area (Å²) < 4.78 is 30.3. The van der Waals surface area contributed by atoms with Crippen LogP contribution in [0.1, 0.15) is 15.9 Å². The van der Waals surface area contributed by atoms with E-state index in [2.05, 4.69) is 9.71 Å². The van der Waals surface area contributed by atoms with Crippen molar-refractivity contribution in [1.82, 2.24) is 4.57 Å². The van der Waals surface area contributed by atoms with E-state index in [9.17, 15) is 13.2 Å². The lowest BCUT2D eigenvalue weighted by molar-refractivity contribution is 0.0998. The average Bonchev–Trinajstić information content (AvgIpc) is 3.03. The van der Waals surface area contributed by atoms with E-state index in [-0.39, 0.29) is 4.90 Å². The molecule has 10 heteroatoms. The van der Waals surface area contributed by atoms with Gasteiger partial charge in [0.25, 0.3) is 15.9 Å². The third-order valence-electron chi connectivity index (χ3n) is 4.76. The van der Waals surface area contributed by atoms with Crippen molar-refractivity contribution >= 4 is 66.4 Å². The van der Waals surface area contributed by atoms with E-state index in [4.69, 9.17) is 23.2 Å². The van der Waals surface area contributed by atoms with Crippen LogP contribution in [0.25, 0.3) is 10.2 Å². The van der Waals surface area contributed by atoms with Crippen molar-refractivity contribution in [3.63, 3.8) is 0 Å². The fourth-order valence-corrected chi connectivity index (χ4v) is 5.89. The Labute approximate surface area is 198 Å². The molecule has 0 aliphatic heterocycles. The topological polar surface area (TPSA) is 80.5 Å². The SMILES string of the molecule is Cc1cc(Cl)cc2sc(=NC(=O)c3ccc(NS(=O)(=O)c4ccc(Cl)cc4)cc3)n(C)c12. The molecule has 32 heavy (non-hydrogen) atoms. The molecule has 1 aromatic heterocycles. The number of benzene rings is 3. The second-order valence-electron chi connectivity index (χ2n) is 7.07. The summed E-state index contributed by atoms with van der Waals surface area (Å²) in [4.78, 5) is 17.6. The number of carbonyl (C=O) groups is 1. The molecule has 1 N–H and O–H groups in total. The number of anilines is 1. The molecular weight excluding hydrogens is 489 g/mol. The van der Waals surface area contributed by atoms with Gasteiger partial charge in [0.1, 0.15) is 0 Å². The molecule has 4 aromatic rings. The third-order valence-corrected chi connectivity index (χ3v) is 7.71. The first-order valence-corrected chi connectivity index (χ1v) is 12.4. The van der Waals surface area contributed by atoms with Crippen molar-refractivity contribution in [1.29, 1.82) is 0 Å². The van der Waals surface area contributed by atoms with Gasteiger partial charge in [-0.1, -0.05) is 34.5 Å². The zero-order valence-electron chi connectivity index (χ0n) is 17.0. The molecule has 4 rings (SSSR count). The van der Waals surface area contributed by atoms with Crippen LogP contribution in [0.4, 0.5) is 5.69 Å². The summed E-state index contributed by atoms with van der Waals surface area (Å²) in [6, 6.07) is 15.7. The Kier molecular flexibility index (Phi) is 6.13. The molecule has 0 atom stereocenters. The molecule has 3 aromatic carbocycles. The van der Waals surface area contributed by atoms with E-state index in [0.29, 0.717) is 26.1 Å². The highest BCUT2D eigenvalue weighted by Crippen LogP contribution is 2.25. The highest BCUT2D eigenvalue weighted by molar-refractivity contribution is 7.92. The monoisotopic (exact) mass is 505 g/mol. The number of nitrogens with zero attached hydrogens (tertiary/aromatic N) is 2. The maximum Gasteiger partial charge on any atom is 0.279 e. The largest absolute Gasteiger partial charge is 0.319 e. The number of fused-ring (bicyclic) bond motifs is 1. The molecule has 0 saturated carbocycles. The first-order chi connectivity index (χ1) is 15.1. The molecule has 164 valence electrons. The maximum atomic E-state index is 12.7. The molecule has 0 saturated heterocycles. The van der Waals surface area contributed by atoms with Gasteiger partial charge in [-0.2, -0.15) is 4.99 Å². The molecule has 0 spiro atoms. The lowest BCUT2D eigenvalue weighted by atomic mass is 10.2. The molecule has 0 radical (unpaired) electrons. The Morgan fingerprint density at radius 1 is 1.00 bits per heavy atom. The van der Waals surface area contributed by atoms with Crippen molar-refractivity contribution in [3.05, 3.63) is 86.6 Å². The number of halogens is 2. The standard InChI is InChI=1S/C22H17Cl2N3O3S2/c1-13-11-16(24)12-19-20(13)27(2)22(31-19)25-21(28)14-3-7-17(8-4-14)26-32(29,30)18-9-5-15(23)6-10-18/h3-12,26H,1-2H3. The van der Waals surface area contributed by atoms with Gasteiger partial charge in [-0.15, -0.1) is 0 Å². The van der Waals surface area contributed by atoms with Gasteiger partial charge in [0.2, 0.25) is 0 Å². The van der Waals surface area contributed by atoms with E-state index in [1.165, 1.54) is 59.9 Å². The molecule has 0 fully saturated rings. The summed E-state index contributed by atoms with van der Waals surface area (Å²) in [7, 11) is -1.92. The summed E-state index contributed by atoms with van der Waals surface area (Å²) in [5, 5.41) is 1.08. The smallest absolute Gasteiger partial charge is 0.279 e. The predicted octanol–water partition coefficient (Wildman–Crippen LogP) is 5.40. The van der Waals surface area contributed by atoms with E-state index in [0.717, 1.165) is 15.8 Å². The van der Waals surface area contributed by atoms with Gasteiger partial charge in [-0.3, -0.25) is 9.52 Å². The van der Waals surface area contributed by atoms with E-state index >= 15 is 0 Å². The fourth-order valence-electron chi connectivity index (χ4n) is 3.23. The van der Waals surface area contributed by atoms with Gasteiger partial charge in [0, 0.05) is 28.3 Å². The van der Waals surface area contributed by atoms with Crippen LogP contribution in [0.2, 0.25) is 10.0 Å². The Morgan fingerprint density at radius 2 is 1.66 bits per heavy atom. The minimum Gasteiger partial charge on any atom is -0.319 e. The van der Waals surface area contributed by atoms with Crippen LogP contribution in [0, 0.1) is 6.92 Å². The second-order valence-corrected chi connectivity index (χ2v) is 10.6. The second kappa shape index (κ2) is 8.71. The minimum atomic E-state index is -3.77. The van der Waals surface area contributed by atoms with E-state index < -0.39 is 15.9 Å². The molecular formula is C22H17Cl2N3O3S2. The molecule has 6 nitrogen and oxygen atoms in total. The summed E-state index contributed by atoms with van der Waals surface area (Å²) in [5.41, 5.74) is 2.64. The maximum absolute atomic E-state index is 12.7. The lowest BCUT2D eigenvalue weighted by Crippen LogP contribution is -2.14. The third kappa shape index (κ3) is 4.59. The number of hydrogen-bond acceptors (Lipinski definition) is 4. The first kappa shape index (κ1) is 22.5. The van der Waals surface area contributed by atoms with Crippen LogP contribution in [0.15, 0.2) is 70.6 Å². The molecule has 0 aliphatic carbocycles. The summed E-state index contributed by atoms with van der Waals surface area (Å²) in [6.45, 7) is 1.95. The van der Waals surface area contributed by atoms with Gasteiger partial charge in [0.05, 0.1) is 15.1 Å². The Morgan fingerprint density at radius 3 is 2.31 bits per heavy atom. The van der Waals surface area contributed by atoms with Crippen LogP contribution in [-0.4, -0.2) is 18.9 Å². The van der Waals surface area contributed by atoms with Crippen molar-refractivity contribution in [3.8, 4) is 0 Å². The summed E-state index contributed by atoms with van der Waals surface area (Å²) in [6.07, 6.45) is 0. The zero-order chi connectivity index (χ0) is 23.0. The Balaban J connectivity index is 1.59. The quantitative estimate of drug-likeness (QED) is 0.403. The number of hydrogen-bond donors (Lipinski definition) is 1. The fraction of sp³-hybridized carbons (Fsp3) is 0.0909. The number of carbonyl (C=O) groups excluding carboxylic acids is 1. The molecule has 1 heterocycles. The van der Waals surface area contributed by atoms with Crippen LogP contribution in [0.5, 0.6) is 0 Å². The lowest BCUT2D eigenvalue weighted by Gasteiger charge is -2.08. The number of aromatic nitrogens is 1. The van der Waals surface area contributed by atoms with E-state index in [1.54, 1.807) is 0 Å². The summed E-state index contributed by atoms with van der Waals surface area (Å²) in [5.74, 6) is -0.428.